The molecule has 0 aliphatic carbocycles. The van der Waals surface area contributed by atoms with Gasteiger partial charge in [-0.15, -0.1) is 0 Å². The minimum atomic E-state index is 0.517. The lowest BCUT2D eigenvalue weighted by molar-refractivity contribution is 0.642. The quantitative estimate of drug-likeness (QED) is 0.265. The number of rotatable bonds is 10. The molecule has 3 heteroatoms. The van der Waals surface area contributed by atoms with Crippen molar-refractivity contribution in [1.82, 2.24) is 4.98 Å². The predicted octanol–water partition coefficient (Wildman–Crippen LogP) is 9.79. The first-order valence-corrected chi connectivity index (χ1v) is 13.6. The van der Waals surface area contributed by atoms with Crippen LogP contribution in [0.25, 0.3) is 0 Å². The Hall–Kier alpha value is -3.07. The average Bonchev–Trinajstić information content (AvgIpc) is 2.89. The lowest BCUT2D eigenvalue weighted by atomic mass is 9.91. The Balaban J connectivity index is 2.02. The van der Waals surface area contributed by atoms with Gasteiger partial charge in [0.1, 0.15) is 0 Å². The molecule has 0 N–H and O–H groups in total. The van der Waals surface area contributed by atoms with Gasteiger partial charge >= 0.3 is 0 Å². The van der Waals surface area contributed by atoms with E-state index in [4.69, 9.17) is 15.0 Å². The van der Waals surface area contributed by atoms with Crippen LogP contribution in [0.5, 0.6) is 0 Å². The minimum absolute atomic E-state index is 0.517. The van der Waals surface area contributed by atoms with Crippen molar-refractivity contribution < 1.29 is 0 Å². The van der Waals surface area contributed by atoms with E-state index in [0.717, 1.165) is 59.9 Å². The van der Waals surface area contributed by atoms with Gasteiger partial charge in [0.05, 0.1) is 34.2 Å². The number of aliphatic imine (C=N–C) groups is 2. The molecule has 190 valence electrons. The van der Waals surface area contributed by atoms with Gasteiger partial charge in [-0.05, 0) is 99.6 Å². The molecule has 1 aromatic heterocycles. The number of pyridine rings is 1. The summed E-state index contributed by atoms with van der Waals surface area (Å²) in [5.41, 5.74) is 10.9. The summed E-state index contributed by atoms with van der Waals surface area (Å²) in [6.07, 6.45) is 4.46. The maximum absolute atomic E-state index is 5.12. The largest absolute Gasteiger partial charge is 0.251 e. The maximum Gasteiger partial charge on any atom is 0.0849 e. The van der Waals surface area contributed by atoms with Gasteiger partial charge in [-0.25, -0.2) is 4.98 Å². The topological polar surface area (TPSA) is 37.6 Å². The number of aromatic nitrogens is 1. The lowest BCUT2D eigenvalue weighted by Gasteiger charge is -2.18. The summed E-state index contributed by atoms with van der Waals surface area (Å²) >= 11 is 0. The van der Waals surface area contributed by atoms with Gasteiger partial charge in [0.25, 0.3) is 0 Å². The van der Waals surface area contributed by atoms with E-state index in [9.17, 15) is 0 Å². The van der Waals surface area contributed by atoms with E-state index in [1.54, 1.807) is 0 Å². The Morgan fingerprint density at radius 1 is 0.611 bits per heavy atom. The number of para-hydroxylation sites is 2. The van der Waals surface area contributed by atoms with Crippen LogP contribution in [-0.4, -0.2) is 16.4 Å². The Morgan fingerprint density at radius 3 is 1.33 bits per heavy atom. The highest BCUT2D eigenvalue weighted by Gasteiger charge is 2.16. The van der Waals surface area contributed by atoms with E-state index < -0.39 is 0 Å². The van der Waals surface area contributed by atoms with Crippen molar-refractivity contribution in [3.63, 3.8) is 0 Å². The zero-order chi connectivity index (χ0) is 26.2. The second-order valence-corrected chi connectivity index (χ2v) is 9.85. The molecule has 0 aliphatic rings. The molecule has 0 bridgehead atoms. The zero-order valence-corrected chi connectivity index (χ0v) is 23.5. The number of hydrogen-bond donors (Lipinski definition) is 0. The maximum atomic E-state index is 5.12. The van der Waals surface area contributed by atoms with Crippen molar-refractivity contribution in [3.05, 3.63) is 88.2 Å². The van der Waals surface area contributed by atoms with Crippen molar-refractivity contribution >= 4 is 22.8 Å². The molecule has 0 saturated carbocycles. The fourth-order valence-electron chi connectivity index (χ4n) is 5.07. The molecule has 36 heavy (non-hydrogen) atoms. The second-order valence-electron chi connectivity index (χ2n) is 9.85. The van der Waals surface area contributed by atoms with E-state index in [1.165, 1.54) is 22.3 Å². The third kappa shape index (κ3) is 6.19. The molecule has 3 rings (SSSR count). The third-order valence-electron chi connectivity index (χ3n) is 7.44. The SMILES string of the molecule is CCC(CC)c1cccc(C)c1N=C(C)c1cccc(C(C)=Nc2c(C)cccc2C(CC)CC)n1. The predicted molar refractivity (Wildman–Crippen MR) is 157 cm³/mol. The molecule has 3 nitrogen and oxygen atoms in total. The van der Waals surface area contributed by atoms with Crippen molar-refractivity contribution in [2.75, 3.05) is 0 Å². The normalized spacial score (nSPS) is 12.6. The molecule has 0 atom stereocenters. The fourth-order valence-corrected chi connectivity index (χ4v) is 5.07. The highest BCUT2D eigenvalue weighted by atomic mass is 14.8. The first-order chi connectivity index (χ1) is 17.3. The van der Waals surface area contributed by atoms with E-state index in [0.29, 0.717) is 11.8 Å². The van der Waals surface area contributed by atoms with Crippen molar-refractivity contribution in [1.29, 1.82) is 0 Å². The average molecular weight is 482 g/mol. The number of hydrogen-bond acceptors (Lipinski definition) is 3. The minimum Gasteiger partial charge on any atom is -0.251 e. The van der Waals surface area contributed by atoms with Crippen LogP contribution in [-0.2, 0) is 0 Å². The van der Waals surface area contributed by atoms with Gasteiger partial charge in [-0.2, -0.15) is 0 Å². The fraction of sp³-hybridized carbons (Fsp3) is 0.424. The smallest absolute Gasteiger partial charge is 0.0849 e. The number of nitrogens with zero attached hydrogens (tertiary/aromatic N) is 3. The van der Waals surface area contributed by atoms with Crippen molar-refractivity contribution in [2.45, 2.75) is 92.9 Å². The van der Waals surface area contributed by atoms with Crippen LogP contribution >= 0.6 is 0 Å². The van der Waals surface area contributed by atoms with Crippen LogP contribution in [0.3, 0.4) is 0 Å². The molecule has 0 aliphatic heterocycles. The molecule has 0 amide bonds. The van der Waals surface area contributed by atoms with Gasteiger partial charge in [0.15, 0.2) is 0 Å². The third-order valence-corrected chi connectivity index (χ3v) is 7.44. The standard InChI is InChI=1S/C33H43N3/c1-9-26(10-2)28-18-13-16-22(5)32(28)34-24(7)30-20-15-21-31(36-30)25(8)35-33-23(6)17-14-19-29(33)27(11-3)12-4/h13-21,26-27H,9-12H2,1-8H3. The monoisotopic (exact) mass is 481 g/mol. The van der Waals surface area contributed by atoms with Gasteiger partial charge in [-0.1, -0.05) is 70.2 Å². The molecule has 0 fully saturated rings. The first-order valence-electron chi connectivity index (χ1n) is 13.6. The summed E-state index contributed by atoms with van der Waals surface area (Å²) < 4.78 is 0. The second kappa shape index (κ2) is 12.8. The number of aryl methyl sites for hydroxylation is 2. The molecule has 3 aromatic rings. The van der Waals surface area contributed by atoms with Crippen LogP contribution in [0, 0.1) is 13.8 Å². The molecule has 1 heterocycles. The molecule has 0 saturated heterocycles. The summed E-state index contributed by atoms with van der Waals surface area (Å²) in [4.78, 5) is 15.2. The summed E-state index contributed by atoms with van der Waals surface area (Å²) in [5, 5.41) is 0. The van der Waals surface area contributed by atoms with Crippen LogP contribution in [0.1, 0.15) is 113 Å². The summed E-state index contributed by atoms with van der Waals surface area (Å²) in [5.74, 6) is 1.03. The molecular weight excluding hydrogens is 438 g/mol. The van der Waals surface area contributed by atoms with E-state index in [-0.39, 0.29) is 0 Å². The van der Waals surface area contributed by atoms with Gasteiger partial charge in [0.2, 0.25) is 0 Å². The van der Waals surface area contributed by atoms with Gasteiger partial charge in [0, 0.05) is 0 Å². The molecule has 0 radical (unpaired) electrons. The zero-order valence-electron chi connectivity index (χ0n) is 23.5. The molecule has 2 aromatic carbocycles. The summed E-state index contributed by atoms with van der Waals surface area (Å²) in [6.45, 7) is 17.5. The Bertz CT molecular complexity index is 1130. The molecule has 0 spiro atoms. The van der Waals surface area contributed by atoms with Crippen LogP contribution in [0.2, 0.25) is 0 Å². The summed E-state index contributed by atoms with van der Waals surface area (Å²) in [6, 6.07) is 19.2. The highest BCUT2D eigenvalue weighted by Crippen LogP contribution is 2.35. The van der Waals surface area contributed by atoms with Gasteiger partial charge in [-0.3, -0.25) is 9.98 Å². The summed E-state index contributed by atoms with van der Waals surface area (Å²) in [7, 11) is 0. The Labute approximate surface area is 218 Å². The van der Waals surface area contributed by atoms with E-state index in [2.05, 4.69) is 97.9 Å². The van der Waals surface area contributed by atoms with E-state index in [1.807, 2.05) is 12.1 Å². The van der Waals surface area contributed by atoms with Crippen LogP contribution < -0.4 is 0 Å². The Morgan fingerprint density at radius 2 is 0.972 bits per heavy atom. The highest BCUT2D eigenvalue weighted by molar-refractivity contribution is 6.02. The van der Waals surface area contributed by atoms with E-state index >= 15 is 0 Å². The van der Waals surface area contributed by atoms with Crippen molar-refractivity contribution in [2.24, 2.45) is 9.98 Å². The number of benzene rings is 2. The van der Waals surface area contributed by atoms with Crippen molar-refractivity contribution in [3.8, 4) is 0 Å². The first kappa shape index (κ1) is 27.5. The van der Waals surface area contributed by atoms with Gasteiger partial charge < -0.3 is 0 Å². The van der Waals surface area contributed by atoms with Crippen LogP contribution in [0.4, 0.5) is 11.4 Å². The Kier molecular flexibility index (Phi) is 9.75. The molecular formula is C33H43N3. The molecule has 0 unspecified atom stereocenters. The lowest BCUT2D eigenvalue weighted by Crippen LogP contribution is -2.06. The van der Waals surface area contributed by atoms with Crippen LogP contribution in [0.15, 0.2) is 64.6 Å².